The molecule has 130 valence electrons. The van der Waals surface area contributed by atoms with Crippen molar-refractivity contribution in [1.29, 1.82) is 0 Å². The van der Waals surface area contributed by atoms with Gasteiger partial charge in [0, 0.05) is 24.3 Å². The smallest absolute Gasteiger partial charge is 0.302 e. The maximum Gasteiger partial charge on any atom is 0.302 e. The van der Waals surface area contributed by atoms with E-state index in [2.05, 4.69) is 13.8 Å². The van der Waals surface area contributed by atoms with Gasteiger partial charge in [-0.3, -0.25) is 9.59 Å². The van der Waals surface area contributed by atoms with Gasteiger partial charge in [0.05, 0.1) is 13.7 Å². The lowest BCUT2D eigenvalue weighted by Gasteiger charge is -2.54. The van der Waals surface area contributed by atoms with Crippen LogP contribution in [0.3, 0.4) is 0 Å². The maximum absolute atomic E-state index is 12.8. The van der Waals surface area contributed by atoms with E-state index < -0.39 is 0 Å². The summed E-state index contributed by atoms with van der Waals surface area (Å²) in [5.74, 6) is 0.889. The molecule has 0 N–H and O–H groups in total. The highest BCUT2D eigenvalue weighted by Gasteiger charge is 2.54. The maximum atomic E-state index is 12.8. The molecule has 1 fully saturated rings. The Balaban J connectivity index is 2.05. The molecule has 3 rings (SSSR count). The number of esters is 1. The van der Waals surface area contributed by atoms with Crippen molar-refractivity contribution in [2.24, 2.45) is 11.3 Å². The summed E-state index contributed by atoms with van der Waals surface area (Å²) < 4.78 is 10.8. The molecule has 0 aliphatic heterocycles. The van der Waals surface area contributed by atoms with Crippen molar-refractivity contribution in [3.63, 3.8) is 0 Å². The van der Waals surface area contributed by atoms with Crippen LogP contribution < -0.4 is 4.74 Å². The van der Waals surface area contributed by atoms with Crippen molar-refractivity contribution in [1.82, 2.24) is 0 Å². The van der Waals surface area contributed by atoms with Crippen LogP contribution in [0.15, 0.2) is 18.2 Å². The Labute approximate surface area is 143 Å². The van der Waals surface area contributed by atoms with E-state index in [4.69, 9.17) is 9.47 Å². The van der Waals surface area contributed by atoms with Crippen LogP contribution in [0.4, 0.5) is 0 Å². The zero-order valence-corrected chi connectivity index (χ0v) is 15.0. The summed E-state index contributed by atoms with van der Waals surface area (Å²) in [6, 6.07) is 5.79. The number of ketones is 1. The number of carbonyl (C=O) groups is 2. The summed E-state index contributed by atoms with van der Waals surface area (Å²) in [5.41, 5.74) is 1.66. The van der Waals surface area contributed by atoms with Crippen LogP contribution in [0.25, 0.3) is 0 Å². The van der Waals surface area contributed by atoms with Crippen molar-refractivity contribution in [3.8, 4) is 5.75 Å². The highest BCUT2D eigenvalue weighted by molar-refractivity contribution is 5.99. The number of methoxy groups -OCH3 is 1. The number of benzene rings is 1. The van der Waals surface area contributed by atoms with Gasteiger partial charge < -0.3 is 9.47 Å². The zero-order valence-electron chi connectivity index (χ0n) is 15.0. The first-order chi connectivity index (χ1) is 11.3. The van der Waals surface area contributed by atoms with Gasteiger partial charge in [0.25, 0.3) is 0 Å². The molecule has 0 radical (unpaired) electrons. The number of fused-ring (bicyclic) bond motifs is 3. The molecule has 2 aliphatic carbocycles. The summed E-state index contributed by atoms with van der Waals surface area (Å²) in [6.07, 6.45) is 3.61. The molecule has 24 heavy (non-hydrogen) atoms. The van der Waals surface area contributed by atoms with E-state index in [-0.39, 0.29) is 28.5 Å². The van der Waals surface area contributed by atoms with Gasteiger partial charge in [-0.15, -0.1) is 0 Å². The van der Waals surface area contributed by atoms with Crippen LogP contribution in [0.2, 0.25) is 0 Å². The molecule has 4 heteroatoms. The average molecular weight is 330 g/mol. The van der Waals surface area contributed by atoms with Crippen LogP contribution in [-0.4, -0.2) is 25.5 Å². The predicted octanol–water partition coefficient (Wildman–Crippen LogP) is 3.91. The lowest BCUT2D eigenvalue weighted by Crippen LogP contribution is -2.52. The van der Waals surface area contributed by atoms with E-state index in [9.17, 15) is 9.59 Å². The van der Waals surface area contributed by atoms with Gasteiger partial charge in [0.1, 0.15) is 5.75 Å². The summed E-state index contributed by atoms with van der Waals surface area (Å²) in [5, 5.41) is 0. The van der Waals surface area contributed by atoms with Gasteiger partial charge >= 0.3 is 5.97 Å². The van der Waals surface area contributed by atoms with Gasteiger partial charge in [-0.1, -0.05) is 20.3 Å². The fraction of sp³-hybridized carbons (Fsp3) is 0.600. The van der Waals surface area contributed by atoms with Crippen LogP contribution in [0.1, 0.15) is 62.4 Å². The van der Waals surface area contributed by atoms with E-state index in [1.165, 1.54) is 6.92 Å². The Hall–Kier alpha value is -1.84. The first-order valence-corrected chi connectivity index (χ1v) is 8.65. The first kappa shape index (κ1) is 17.0. The normalized spacial score (nSPS) is 31.8. The molecule has 4 nitrogen and oxygen atoms in total. The van der Waals surface area contributed by atoms with Gasteiger partial charge in [-0.05, 0) is 47.9 Å². The van der Waals surface area contributed by atoms with Crippen molar-refractivity contribution < 1.29 is 19.1 Å². The van der Waals surface area contributed by atoms with E-state index in [0.29, 0.717) is 13.0 Å². The average Bonchev–Trinajstić information content (AvgIpc) is 2.55. The minimum Gasteiger partial charge on any atom is -0.497 e. The number of rotatable bonds is 3. The lowest BCUT2D eigenvalue weighted by molar-refractivity contribution is -0.148. The van der Waals surface area contributed by atoms with E-state index in [0.717, 1.165) is 36.1 Å². The minimum atomic E-state index is -0.257. The van der Waals surface area contributed by atoms with Gasteiger partial charge in [0.15, 0.2) is 5.78 Å². The molecule has 1 aromatic rings. The third-order valence-electron chi connectivity index (χ3n) is 6.19. The fourth-order valence-corrected chi connectivity index (χ4v) is 4.87. The zero-order chi connectivity index (χ0) is 17.5. The van der Waals surface area contributed by atoms with E-state index in [1.807, 2.05) is 18.2 Å². The first-order valence-electron chi connectivity index (χ1n) is 8.65. The number of hydrogen-bond donors (Lipinski definition) is 0. The van der Waals surface area contributed by atoms with E-state index in [1.54, 1.807) is 7.11 Å². The number of ether oxygens (including phenoxy) is 2. The Morgan fingerprint density at radius 1 is 1.29 bits per heavy atom. The molecule has 0 amide bonds. The standard InChI is InChI=1S/C20H26O4/c1-13(21)24-12-19(2)8-5-9-20(3)16-10-14(23-4)6-7-15(16)17(22)11-18(19)20/h6-7,10,18H,5,8-9,11-12H2,1-4H3/t18?,19-,20?/m1/s1. The van der Waals surface area contributed by atoms with Crippen LogP contribution in [0.5, 0.6) is 5.75 Å². The summed E-state index contributed by atoms with van der Waals surface area (Å²) >= 11 is 0. The topological polar surface area (TPSA) is 52.6 Å². The second-order valence-electron chi connectivity index (χ2n) is 7.80. The van der Waals surface area contributed by atoms with Crippen LogP contribution in [-0.2, 0) is 14.9 Å². The molecule has 2 unspecified atom stereocenters. The largest absolute Gasteiger partial charge is 0.497 e. The summed E-state index contributed by atoms with van der Waals surface area (Å²) in [6.45, 7) is 6.25. The highest BCUT2D eigenvalue weighted by atomic mass is 16.5. The van der Waals surface area contributed by atoms with Crippen molar-refractivity contribution in [3.05, 3.63) is 29.3 Å². The lowest BCUT2D eigenvalue weighted by atomic mass is 9.50. The molecular formula is C20H26O4. The van der Waals surface area contributed by atoms with E-state index >= 15 is 0 Å². The predicted molar refractivity (Wildman–Crippen MR) is 91.4 cm³/mol. The molecule has 0 bridgehead atoms. The molecule has 1 aromatic carbocycles. The number of carbonyl (C=O) groups excluding carboxylic acids is 2. The second kappa shape index (κ2) is 5.91. The molecule has 0 spiro atoms. The summed E-state index contributed by atoms with van der Waals surface area (Å²) in [4.78, 5) is 24.1. The fourth-order valence-electron chi connectivity index (χ4n) is 4.87. The van der Waals surface area contributed by atoms with Crippen molar-refractivity contribution in [2.75, 3.05) is 13.7 Å². The molecule has 2 aliphatic rings. The molecular weight excluding hydrogens is 304 g/mol. The SMILES string of the molecule is COc1ccc2c(c1)C1(C)CCC[C@](C)(COC(C)=O)C1CC2=O. The number of Topliss-reactive ketones (excluding diaryl/α,β-unsaturated/α-hetero) is 1. The van der Waals surface area contributed by atoms with Gasteiger partial charge in [0.2, 0.25) is 0 Å². The minimum absolute atomic E-state index is 0.0923. The Morgan fingerprint density at radius 2 is 2.04 bits per heavy atom. The quantitative estimate of drug-likeness (QED) is 0.789. The Morgan fingerprint density at radius 3 is 2.71 bits per heavy atom. The molecule has 1 saturated carbocycles. The highest BCUT2D eigenvalue weighted by Crippen LogP contribution is 2.57. The second-order valence-corrected chi connectivity index (χ2v) is 7.80. The Kier molecular flexibility index (Phi) is 4.18. The van der Waals surface area contributed by atoms with Gasteiger partial charge in [-0.2, -0.15) is 0 Å². The molecule has 3 atom stereocenters. The van der Waals surface area contributed by atoms with Crippen LogP contribution >= 0.6 is 0 Å². The summed E-state index contributed by atoms with van der Waals surface area (Å²) in [7, 11) is 1.65. The molecule has 0 heterocycles. The van der Waals surface area contributed by atoms with Crippen LogP contribution in [0, 0.1) is 11.3 Å². The molecule has 0 aromatic heterocycles. The Bertz CT molecular complexity index is 680. The van der Waals surface area contributed by atoms with Crippen molar-refractivity contribution in [2.45, 2.75) is 51.9 Å². The number of hydrogen-bond acceptors (Lipinski definition) is 4. The monoisotopic (exact) mass is 330 g/mol. The van der Waals surface area contributed by atoms with Gasteiger partial charge in [-0.25, -0.2) is 0 Å². The third-order valence-corrected chi connectivity index (χ3v) is 6.19. The molecule has 0 saturated heterocycles. The van der Waals surface area contributed by atoms with Crippen molar-refractivity contribution >= 4 is 11.8 Å². The third kappa shape index (κ3) is 2.62.